The molecule has 3 atom stereocenters. The second kappa shape index (κ2) is 1.98. The molecule has 51 valence electrons. The van der Waals surface area contributed by atoms with E-state index in [9.17, 15) is 0 Å². The van der Waals surface area contributed by atoms with Crippen molar-refractivity contribution in [3.8, 4) is 0 Å². The fourth-order valence-corrected chi connectivity index (χ4v) is 2.39. The van der Waals surface area contributed by atoms with E-state index in [0.717, 1.165) is 11.8 Å². The van der Waals surface area contributed by atoms with Crippen LogP contribution in [0.5, 0.6) is 0 Å². The van der Waals surface area contributed by atoms with E-state index in [4.69, 9.17) is 4.74 Å². The van der Waals surface area contributed by atoms with Crippen LogP contribution < -0.4 is 0 Å². The summed E-state index contributed by atoms with van der Waals surface area (Å²) in [6.45, 7) is 0. The summed E-state index contributed by atoms with van der Waals surface area (Å²) in [6, 6.07) is 0. The van der Waals surface area contributed by atoms with E-state index >= 15 is 0 Å². The molecule has 2 bridgehead atoms. The van der Waals surface area contributed by atoms with Gasteiger partial charge in [-0.2, -0.15) is 0 Å². The van der Waals surface area contributed by atoms with Gasteiger partial charge in [0.15, 0.2) is 0 Å². The van der Waals surface area contributed by atoms with Gasteiger partial charge in [-0.1, -0.05) is 0 Å². The molecule has 0 amide bonds. The van der Waals surface area contributed by atoms with Gasteiger partial charge in [0.1, 0.15) is 0 Å². The molecule has 0 heterocycles. The second-order valence-corrected chi connectivity index (χ2v) is 3.38. The SMILES string of the molecule is [CH2]OC1CC2CCC1C2. The third-order valence-corrected chi connectivity index (χ3v) is 2.89. The van der Waals surface area contributed by atoms with E-state index in [2.05, 4.69) is 7.11 Å². The third-order valence-electron chi connectivity index (χ3n) is 2.89. The number of rotatable bonds is 1. The Morgan fingerprint density at radius 2 is 2.11 bits per heavy atom. The Morgan fingerprint density at radius 3 is 2.44 bits per heavy atom. The van der Waals surface area contributed by atoms with Crippen LogP contribution in [0.25, 0.3) is 0 Å². The molecule has 0 saturated heterocycles. The van der Waals surface area contributed by atoms with Crippen LogP contribution in [0.15, 0.2) is 0 Å². The van der Waals surface area contributed by atoms with Crippen molar-refractivity contribution < 1.29 is 4.74 Å². The Labute approximate surface area is 56.4 Å². The highest BCUT2D eigenvalue weighted by Crippen LogP contribution is 2.45. The van der Waals surface area contributed by atoms with Crippen molar-refractivity contribution >= 4 is 0 Å². The lowest BCUT2D eigenvalue weighted by atomic mass is 9.98. The predicted octanol–water partition coefficient (Wildman–Crippen LogP) is 1.98. The Morgan fingerprint density at radius 1 is 1.22 bits per heavy atom. The summed E-state index contributed by atoms with van der Waals surface area (Å²) < 4.78 is 5.10. The van der Waals surface area contributed by atoms with Gasteiger partial charge >= 0.3 is 0 Å². The fraction of sp³-hybridized carbons (Fsp3) is 0.875. The highest BCUT2D eigenvalue weighted by Gasteiger charge is 2.39. The van der Waals surface area contributed by atoms with Crippen LogP contribution in [0.1, 0.15) is 25.7 Å². The van der Waals surface area contributed by atoms with Gasteiger partial charge in [0.25, 0.3) is 0 Å². The van der Waals surface area contributed by atoms with Gasteiger partial charge in [0.2, 0.25) is 0 Å². The van der Waals surface area contributed by atoms with Gasteiger partial charge in [-0.05, 0) is 37.5 Å². The molecule has 1 radical (unpaired) electrons. The monoisotopic (exact) mass is 125 g/mol. The van der Waals surface area contributed by atoms with Crippen molar-refractivity contribution in [3.05, 3.63) is 7.11 Å². The molecule has 0 N–H and O–H groups in total. The van der Waals surface area contributed by atoms with Gasteiger partial charge in [-0.3, -0.25) is 0 Å². The third kappa shape index (κ3) is 0.787. The summed E-state index contributed by atoms with van der Waals surface area (Å²) >= 11 is 0. The minimum atomic E-state index is 0.517. The molecule has 9 heavy (non-hydrogen) atoms. The fourth-order valence-electron chi connectivity index (χ4n) is 2.39. The van der Waals surface area contributed by atoms with Crippen molar-refractivity contribution in [1.29, 1.82) is 0 Å². The van der Waals surface area contributed by atoms with Gasteiger partial charge in [-0.15, -0.1) is 0 Å². The first-order valence-corrected chi connectivity index (χ1v) is 3.81. The van der Waals surface area contributed by atoms with E-state index < -0.39 is 0 Å². The van der Waals surface area contributed by atoms with E-state index in [1.165, 1.54) is 25.7 Å². The lowest BCUT2D eigenvalue weighted by Gasteiger charge is -2.18. The molecule has 3 unspecified atom stereocenters. The number of ether oxygens (including phenoxy) is 1. The second-order valence-electron chi connectivity index (χ2n) is 3.38. The predicted molar refractivity (Wildman–Crippen MR) is 35.7 cm³/mol. The summed E-state index contributed by atoms with van der Waals surface area (Å²) in [7, 11) is 3.49. The average molecular weight is 125 g/mol. The van der Waals surface area contributed by atoms with Crippen LogP contribution in [0, 0.1) is 18.9 Å². The molecular weight excluding hydrogens is 112 g/mol. The zero-order chi connectivity index (χ0) is 6.27. The summed E-state index contributed by atoms with van der Waals surface area (Å²) in [6.07, 6.45) is 6.06. The topological polar surface area (TPSA) is 9.23 Å². The van der Waals surface area contributed by atoms with Crippen LogP contribution >= 0.6 is 0 Å². The van der Waals surface area contributed by atoms with Crippen molar-refractivity contribution in [2.24, 2.45) is 11.8 Å². The molecule has 0 aromatic heterocycles. The maximum atomic E-state index is 5.10. The normalized spacial score (nSPS) is 48.3. The van der Waals surface area contributed by atoms with E-state index in [-0.39, 0.29) is 0 Å². The minimum Gasteiger partial charge on any atom is -0.376 e. The first-order chi connectivity index (χ1) is 4.40. The van der Waals surface area contributed by atoms with Crippen molar-refractivity contribution in [3.63, 3.8) is 0 Å². The zero-order valence-corrected chi connectivity index (χ0v) is 5.68. The van der Waals surface area contributed by atoms with Crippen molar-refractivity contribution in [2.45, 2.75) is 31.8 Å². The molecule has 2 fully saturated rings. The lowest BCUT2D eigenvalue weighted by molar-refractivity contribution is 0.0858. The molecule has 2 aliphatic carbocycles. The quantitative estimate of drug-likeness (QED) is 0.520. The molecular formula is C8H13O. The molecule has 2 aliphatic rings. The minimum absolute atomic E-state index is 0.517. The first kappa shape index (κ1) is 5.72. The van der Waals surface area contributed by atoms with Crippen LogP contribution in [-0.4, -0.2) is 6.10 Å². The molecule has 2 saturated carbocycles. The highest BCUT2D eigenvalue weighted by molar-refractivity contribution is 4.90. The largest absolute Gasteiger partial charge is 0.376 e. The maximum Gasteiger partial charge on any atom is 0.0704 e. The van der Waals surface area contributed by atoms with E-state index in [1.54, 1.807) is 0 Å². The van der Waals surface area contributed by atoms with E-state index in [0.29, 0.717) is 6.10 Å². The molecule has 2 rings (SSSR count). The van der Waals surface area contributed by atoms with Gasteiger partial charge in [-0.25, -0.2) is 0 Å². The average Bonchev–Trinajstić information content (AvgIpc) is 2.45. The van der Waals surface area contributed by atoms with Crippen LogP contribution in [0.4, 0.5) is 0 Å². The summed E-state index contributed by atoms with van der Waals surface area (Å²) in [4.78, 5) is 0. The summed E-state index contributed by atoms with van der Waals surface area (Å²) in [5.74, 6) is 1.86. The first-order valence-electron chi connectivity index (χ1n) is 3.81. The van der Waals surface area contributed by atoms with Gasteiger partial charge in [0, 0.05) is 0 Å². The summed E-state index contributed by atoms with van der Waals surface area (Å²) in [5, 5.41) is 0. The van der Waals surface area contributed by atoms with Gasteiger partial charge in [0.05, 0.1) is 13.2 Å². The Kier molecular flexibility index (Phi) is 1.26. The summed E-state index contributed by atoms with van der Waals surface area (Å²) in [5.41, 5.74) is 0. The Hall–Kier alpha value is -0.0400. The smallest absolute Gasteiger partial charge is 0.0704 e. The molecule has 0 aromatic rings. The number of hydrogen-bond donors (Lipinski definition) is 0. The molecule has 1 heteroatoms. The maximum absolute atomic E-state index is 5.10. The van der Waals surface area contributed by atoms with Gasteiger partial charge < -0.3 is 4.74 Å². The van der Waals surface area contributed by atoms with E-state index in [1.807, 2.05) is 0 Å². The van der Waals surface area contributed by atoms with Crippen molar-refractivity contribution in [2.75, 3.05) is 0 Å². The lowest BCUT2D eigenvalue weighted by Crippen LogP contribution is -2.17. The number of hydrogen-bond acceptors (Lipinski definition) is 1. The molecule has 0 aromatic carbocycles. The molecule has 0 spiro atoms. The van der Waals surface area contributed by atoms with Crippen molar-refractivity contribution in [1.82, 2.24) is 0 Å². The molecule has 0 aliphatic heterocycles. The van der Waals surface area contributed by atoms with Crippen LogP contribution in [0.2, 0.25) is 0 Å². The Bertz CT molecular complexity index is 111. The zero-order valence-electron chi connectivity index (χ0n) is 5.68. The number of fused-ring (bicyclic) bond motifs is 2. The Balaban J connectivity index is 2.01. The highest BCUT2D eigenvalue weighted by atomic mass is 16.5. The van der Waals surface area contributed by atoms with Crippen LogP contribution in [0.3, 0.4) is 0 Å². The molecule has 1 nitrogen and oxygen atoms in total. The standard InChI is InChI=1S/C8H13O/c1-9-8-5-6-2-3-7(8)4-6/h6-8H,1-5H2. The van der Waals surface area contributed by atoms with Crippen LogP contribution in [-0.2, 0) is 4.74 Å².